The second kappa shape index (κ2) is 11.8. The summed E-state index contributed by atoms with van der Waals surface area (Å²) in [5.74, 6) is -1.16. The van der Waals surface area contributed by atoms with Gasteiger partial charge in [-0.15, -0.1) is 0 Å². The van der Waals surface area contributed by atoms with Crippen LogP contribution in [0.5, 0.6) is 11.5 Å². The van der Waals surface area contributed by atoms with Crippen molar-refractivity contribution >= 4 is 11.8 Å². The lowest BCUT2D eigenvalue weighted by Crippen LogP contribution is -2.41. The van der Waals surface area contributed by atoms with Gasteiger partial charge in [0.25, 0.3) is 11.8 Å². The molecule has 4 aromatic rings. The minimum Gasteiger partial charge on any atom is -0.493 e. The number of carbonyl (C=O) groups is 2. The first kappa shape index (κ1) is 25.4. The van der Waals surface area contributed by atoms with Crippen molar-refractivity contribution in [3.63, 3.8) is 0 Å². The molecule has 0 aliphatic carbocycles. The van der Waals surface area contributed by atoms with Crippen LogP contribution in [0.2, 0.25) is 0 Å². The van der Waals surface area contributed by atoms with Gasteiger partial charge in [0, 0.05) is 11.1 Å². The summed E-state index contributed by atoms with van der Waals surface area (Å²) in [4.78, 5) is 25.8. The fraction of sp³-hybridized carbons (Fsp3) is 0.103. The zero-order chi connectivity index (χ0) is 26.2. The van der Waals surface area contributed by atoms with E-state index in [4.69, 9.17) is 9.47 Å². The highest BCUT2D eigenvalue weighted by Crippen LogP contribution is 2.31. The third-order valence-electron chi connectivity index (χ3n) is 5.52. The summed E-state index contributed by atoms with van der Waals surface area (Å²) >= 11 is 0. The number of benzene rings is 4. The van der Waals surface area contributed by atoms with E-state index >= 15 is 0 Å². The number of ether oxygens (including phenoxy) is 2. The van der Waals surface area contributed by atoms with Crippen LogP contribution in [0.25, 0.3) is 0 Å². The molecule has 0 saturated heterocycles. The quantitative estimate of drug-likeness (QED) is 0.300. The van der Waals surface area contributed by atoms with Crippen LogP contribution < -0.4 is 20.1 Å². The number of hydrogen-bond donors (Lipinski definition) is 2. The van der Waals surface area contributed by atoms with Crippen LogP contribution in [0, 0.1) is 11.6 Å². The van der Waals surface area contributed by atoms with Crippen LogP contribution in [0.15, 0.2) is 97.1 Å². The Kier molecular flexibility index (Phi) is 8.10. The third kappa shape index (κ3) is 6.70. The molecule has 0 bridgehead atoms. The molecule has 4 aromatic carbocycles. The Morgan fingerprint density at radius 1 is 0.730 bits per heavy atom. The first-order valence-corrected chi connectivity index (χ1v) is 11.4. The molecule has 0 saturated carbocycles. The average molecular weight is 503 g/mol. The fourth-order valence-electron chi connectivity index (χ4n) is 3.55. The van der Waals surface area contributed by atoms with Crippen LogP contribution in [0.3, 0.4) is 0 Å². The zero-order valence-electron chi connectivity index (χ0n) is 19.9. The topological polar surface area (TPSA) is 76.7 Å². The highest BCUT2D eigenvalue weighted by Gasteiger charge is 2.21. The van der Waals surface area contributed by atoms with Crippen LogP contribution in [0.4, 0.5) is 8.78 Å². The highest BCUT2D eigenvalue weighted by atomic mass is 19.1. The van der Waals surface area contributed by atoms with E-state index < -0.39 is 29.6 Å². The second-order valence-electron chi connectivity index (χ2n) is 8.08. The van der Waals surface area contributed by atoms with Crippen molar-refractivity contribution in [1.82, 2.24) is 10.6 Å². The molecule has 2 amide bonds. The van der Waals surface area contributed by atoms with E-state index in [1.807, 2.05) is 30.3 Å². The normalized spacial score (nSPS) is 10.6. The largest absolute Gasteiger partial charge is 0.493 e. The number of nitrogens with one attached hydrogen (secondary N) is 2. The molecule has 0 aromatic heterocycles. The van der Waals surface area contributed by atoms with Crippen molar-refractivity contribution < 1.29 is 27.8 Å². The van der Waals surface area contributed by atoms with E-state index in [0.29, 0.717) is 23.7 Å². The molecule has 37 heavy (non-hydrogen) atoms. The smallest absolute Gasteiger partial charge is 0.253 e. The standard InChI is InChI=1S/C29H24F2N2O4/c1-36-26-17-22(11-16-25(26)37-18-19-5-3-2-4-6-19)27(32-28(34)20-7-12-23(30)13-8-20)33-29(35)21-9-14-24(31)15-10-21/h2-17,27H,18H2,1H3,(H,32,34)(H,33,35). The van der Waals surface area contributed by atoms with Crippen molar-refractivity contribution in [1.29, 1.82) is 0 Å². The van der Waals surface area contributed by atoms with E-state index in [1.165, 1.54) is 55.6 Å². The maximum atomic E-state index is 13.3. The van der Waals surface area contributed by atoms with E-state index in [1.54, 1.807) is 18.2 Å². The molecule has 0 spiro atoms. The van der Waals surface area contributed by atoms with Gasteiger partial charge in [-0.1, -0.05) is 36.4 Å². The maximum Gasteiger partial charge on any atom is 0.253 e. The molecule has 0 radical (unpaired) electrons. The Morgan fingerprint density at radius 2 is 1.27 bits per heavy atom. The highest BCUT2D eigenvalue weighted by molar-refractivity contribution is 5.96. The summed E-state index contributed by atoms with van der Waals surface area (Å²) in [6.07, 6.45) is -0.993. The van der Waals surface area contributed by atoms with Crippen molar-refractivity contribution in [3.8, 4) is 11.5 Å². The minimum atomic E-state index is -0.993. The Bertz CT molecular complexity index is 1300. The molecule has 2 N–H and O–H groups in total. The number of carbonyl (C=O) groups excluding carboxylic acids is 2. The number of methoxy groups -OCH3 is 1. The molecule has 0 fully saturated rings. The van der Waals surface area contributed by atoms with Gasteiger partial charge in [-0.25, -0.2) is 8.78 Å². The van der Waals surface area contributed by atoms with Gasteiger partial charge in [-0.05, 0) is 71.8 Å². The lowest BCUT2D eigenvalue weighted by Gasteiger charge is -2.22. The summed E-state index contributed by atoms with van der Waals surface area (Å²) in [6, 6.07) is 24.7. The zero-order valence-corrected chi connectivity index (χ0v) is 19.9. The summed E-state index contributed by atoms with van der Waals surface area (Å²) < 4.78 is 38.0. The predicted molar refractivity (Wildman–Crippen MR) is 134 cm³/mol. The molecule has 6 nitrogen and oxygen atoms in total. The number of rotatable bonds is 9. The number of amides is 2. The van der Waals surface area contributed by atoms with Crippen molar-refractivity contribution in [3.05, 3.63) is 131 Å². The Labute approximate surface area is 212 Å². The average Bonchev–Trinajstić information content (AvgIpc) is 2.92. The molecule has 8 heteroatoms. The van der Waals surface area contributed by atoms with E-state index in [9.17, 15) is 18.4 Å². The van der Waals surface area contributed by atoms with Crippen LogP contribution in [-0.2, 0) is 6.61 Å². The monoisotopic (exact) mass is 502 g/mol. The van der Waals surface area contributed by atoms with Gasteiger partial charge in [0.1, 0.15) is 24.4 Å². The predicted octanol–water partition coefficient (Wildman–Crippen LogP) is 5.41. The molecular formula is C29H24F2N2O4. The van der Waals surface area contributed by atoms with E-state index in [2.05, 4.69) is 10.6 Å². The molecule has 0 atom stereocenters. The van der Waals surface area contributed by atoms with Gasteiger partial charge in [-0.2, -0.15) is 0 Å². The van der Waals surface area contributed by atoms with E-state index in [-0.39, 0.29) is 11.1 Å². The van der Waals surface area contributed by atoms with Gasteiger partial charge in [0.2, 0.25) is 0 Å². The Balaban J connectivity index is 1.59. The molecule has 0 aliphatic rings. The van der Waals surface area contributed by atoms with Gasteiger partial charge in [0.15, 0.2) is 11.5 Å². The Morgan fingerprint density at radius 3 is 1.78 bits per heavy atom. The molecular weight excluding hydrogens is 478 g/mol. The van der Waals surface area contributed by atoms with Crippen molar-refractivity contribution in [2.24, 2.45) is 0 Å². The number of hydrogen-bond acceptors (Lipinski definition) is 4. The van der Waals surface area contributed by atoms with Gasteiger partial charge in [0.05, 0.1) is 7.11 Å². The lowest BCUT2D eigenvalue weighted by atomic mass is 10.1. The summed E-state index contributed by atoms with van der Waals surface area (Å²) in [5, 5.41) is 5.49. The molecule has 188 valence electrons. The SMILES string of the molecule is COc1cc(C(NC(=O)c2ccc(F)cc2)NC(=O)c2ccc(F)cc2)ccc1OCc1ccccc1. The Hall–Kier alpha value is -4.72. The van der Waals surface area contributed by atoms with Gasteiger partial charge < -0.3 is 20.1 Å². The molecule has 0 heterocycles. The van der Waals surface area contributed by atoms with Crippen LogP contribution in [-0.4, -0.2) is 18.9 Å². The first-order valence-electron chi connectivity index (χ1n) is 11.4. The molecule has 0 aliphatic heterocycles. The fourth-order valence-corrected chi connectivity index (χ4v) is 3.55. The summed E-state index contributed by atoms with van der Waals surface area (Å²) in [7, 11) is 1.48. The van der Waals surface area contributed by atoms with E-state index in [0.717, 1.165) is 5.56 Å². The molecule has 0 unspecified atom stereocenters. The van der Waals surface area contributed by atoms with Crippen molar-refractivity contribution in [2.45, 2.75) is 12.8 Å². The first-order chi connectivity index (χ1) is 17.9. The molecule has 4 rings (SSSR count). The van der Waals surface area contributed by atoms with Gasteiger partial charge in [-0.3, -0.25) is 9.59 Å². The maximum absolute atomic E-state index is 13.3. The lowest BCUT2D eigenvalue weighted by molar-refractivity contribution is 0.0883. The second-order valence-corrected chi connectivity index (χ2v) is 8.08. The summed E-state index contributed by atoms with van der Waals surface area (Å²) in [5.41, 5.74) is 1.88. The minimum absolute atomic E-state index is 0.206. The van der Waals surface area contributed by atoms with Crippen LogP contribution >= 0.6 is 0 Å². The summed E-state index contributed by atoms with van der Waals surface area (Å²) in [6.45, 7) is 0.322. The van der Waals surface area contributed by atoms with Crippen molar-refractivity contribution in [2.75, 3.05) is 7.11 Å². The third-order valence-corrected chi connectivity index (χ3v) is 5.52. The number of halogens is 2. The van der Waals surface area contributed by atoms with Gasteiger partial charge >= 0.3 is 0 Å². The van der Waals surface area contributed by atoms with Crippen LogP contribution in [0.1, 0.15) is 38.0 Å².